The van der Waals surface area contributed by atoms with E-state index in [9.17, 15) is 14.0 Å². The minimum atomic E-state index is -0.430. The number of hydrogen-bond donors (Lipinski definition) is 2. The van der Waals surface area contributed by atoms with Crippen molar-refractivity contribution in [2.24, 2.45) is 11.3 Å². The lowest BCUT2D eigenvalue weighted by molar-refractivity contribution is -0.123. The molecule has 0 radical (unpaired) electrons. The van der Waals surface area contributed by atoms with Crippen molar-refractivity contribution in [3.05, 3.63) is 30.0 Å². The lowest BCUT2D eigenvalue weighted by Gasteiger charge is -2.30. The summed E-state index contributed by atoms with van der Waals surface area (Å²) in [5.41, 5.74) is 2.32. The van der Waals surface area contributed by atoms with Crippen LogP contribution in [0.5, 0.6) is 0 Å². The van der Waals surface area contributed by atoms with E-state index in [0.717, 1.165) is 56.1 Å². The standard InChI is InChI=1S/C23H30FN5O2/c1-14(30)27-16-6-4-5-15(9-16)22(31)28-21-10-17(19(24)13-25-21)18-12-26-29-8-7-23(2,3)11-20(18)29/h10,12-13,15-16H,4-9,11H2,1-3H3,(H,27,30)(H,25,28,31)/t15-,16?/m1/s1. The SMILES string of the molecule is CC(=O)NC1CCC[C@@H](C(=O)Nc2cc(-c3cnn4c3CC(C)(C)CC4)c(F)cn2)C1. The molecule has 2 aromatic rings. The fourth-order valence-corrected chi connectivity index (χ4v) is 4.75. The molecule has 166 valence electrons. The second-order valence-electron chi connectivity index (χ2n) is 9.62. The summed E-state index contributed by atoms with van der Waals surface area (Å²) in [5, 5.41) is 10.2. The van der Waals surface area contributed by atoms with Crippen molar-refractivity contribution in [1.82, 2.24) is 20.1 Å². The first-order valence-electron chi connectivity index (χ1n) is 11.0. The maximum Gasteiger partial charge on any atom is 0.228 e. The Labute approximate surface area is 181 Å². The number of carbonyl (C=O) groups excluding carboxylic acids is 2. The summed E-state index contributed by atoms with van der Waals surface area (Å²) >= 11 is 0. The number of carbonyl (C=O) groups is 2. The van der Waals surface area contributed by atoms with Crippen molar-refractivity contribution in [3.63, 3.8) is 0 Å². The first-order valence-corrected chi connectivity index (χ1v) is 11.0. The maximum atomic E-state index is 14.7. The fraction of sp³-hybridized carbons (Fsp3) is 0.565. The van der Waals surface area contributed by atoms with Crippen LogP contribution < -0.4 is 10.6 Å². The zero-order chi connectivity index (χ0) is 22.2. The third-order valence-corrected chi connectivity index (χ3v) is 6.44. The Kier molecular flexibility index (Phi) is 5.81. The van der Waals surface area contributed by atoms with Crippen molar-refractivity contribution >= 4 is 17.6 Å². The Bertz CT molecular complexity index is 1000. The molecule has 1 fully saturated rings. The second-order valence-corrected chi connectivity index (χ2v) is 9.62. The average Bonchev–Trinajstić information content (AvgIpc) is 3.10. The topological polar surface area (TPSA) is 88.9 Å². The highest BCUT2D eigenvalue weighted by atomic mass is 19.1. The van der Waals surface area contributed by atoms with Gasteiger partial charge in [0.25, 0.3) is 0 Å². The Hall–Kier alpha value is -2.77. The molecule has 2 aromatic heterocycles. The van der Waals surface area contributed by atoms with Crippen LogP contribution in [0.4, 0.5) is 10.2 Å². The molecule has 3 heterocycles. The van der Waals surface area contributed by atoms with E-state index in [1.54, 1.807) is 12.3 Å². The largest absolute Gasteiger partial charge is 0.354 e. The van der Waals surface area contributed by atoms with Crippen molar-refractivity contribution in [3.8, 4) is 11.1 Å². The number of nitrogens with one attached hydrogen (secondary N) is 2. The minimum absolute atomic E-state index is 0.0148. The van der Waals surface area contributed by atoms with E-state index >= 15 is 0 Å². The van der Waals surface area contributed by atoms with Gasteiger partial charge in [-0.25, -0.2) is 9.37 Å². The molecule has 1 unspecified atom stereocenters. The molecular formula is C23H30FN5O2. The Balaban J connectivity index is 1.52. The van der Waals surface area contributed by atoms with Gasteiger partial charge in [0, 0.05) is 42.2 Å². The predicted molar refractivity (Wildman–Crippen MR) is 116 cm³/mol. The smallest absolute Gasteiger partial charge is 0.228 e. The number of amides is 2. The van der Waals surface area contributed by atoms with Crippen LogP contribution >= 0.6 is 0 Å². The Morgan fingerprint density at radius 1 is 1.23 bits per heavy atom. The molecule has 7 nitrogen and oxygen atoms in total. The number of halogens is 1. The molecule has 1 saturated carbocycles. The Morgan fingerprint density at radius 2 is 2.03 bits per heavy atom. The molecule has 2 aliphatic rings. The van der Waals surface area contributed by atoms with Crippen molar-refractivity contribution in [2.45, 2.75) is 71.9 Å². The lowest BCUT2D eigenvalue weighted by atomic mass is 9.81. The third kappa shape index (κ3) is 4.78. The molecular weight excluding hydrogens is 397 g/mol. The molecule has 4 rings (SSSR count). The van der Waals surface area contributed by atoms with E-state index in [4.69, 9.17) is 0 Å². The fourth-order valence-electron chi connectivity index (χ4n) is 4.75. The minimum Gasteiger partial charge on any atom is -0.354 e. The second kappa shape index (κ2) is 8.40. The monoisotopic (exact) mass is 427 g/mol. The summed E-state index contributed by atoms with van der Waals surface area (Å²) < 4.78 is 16.7. The first kappa shape index (κ1) is 21.5. The number of fused-ring (bicyclic) bond motifs is 1. The number of aryl methyl sites for hydroxylation is 1. The highest BCUT2D eigenvalue weighted by Gasteiger charge is 2.30. The summed E-state index contributed by atoms with van der Waals surface area (Å²) in [7, 11) is 0. The van der Waals surface area contributed by atoms with E-state index in [0.29, 0.717) is 17.8 Å². The van der Waals surface area contributed by atoms with Gasteiger partial charge in [0.15, 0.2) is 0 Å². The summed E-state index contributed by atoms with van der Waals surface area (Å²) in [6.45, 7) is 6.72. The van der Waals surface area contributed by atoms with Crippen LogP contribution in [0.15, 0.2) is 18.5 Å². The molecule has 0 saturated heterocycles. The van der Waals surface area contributed by atoms with Crippen LogP contribution in [0.1, 0.15) is 58.6 Å². The number of rotatable bonds is 4. The van der Waals surface area contributed by atoms with Crippen molar-refractivity contribution in [2.75, 3.05) is 5.32 Å². The molecule has 1 aliphatic carbocycles. The van der Waals surface area contributed by atoms with Gasteiger partial charge < -0.3 is 10.6 Å². The Morgan fingerprint density at radius 3 is 2.81 bits per heavy atom. The van der Waals surface area contributed by atoms with E-state index in [-0.39, 0.29) is 29.2 Å². The molecule has 0 aromatic carbocycles. The van der Waals surface area contributed by atoms with Crippen molar-refractivity contribution in [1.29, 1.82) is 0 Å². The maximum absolute atomic E-state index is 14.7. The zero-order valence-electron chi connectivity index (χ0n) is 18.4. The van der Waals surface area contributed by atoms with Crippen LogP contribution in [0.25, 0.3) is 11.1 Å². The number of pyridine rings is 1. The van der Waals surface area contributed by atoms with Gasteiger partial charge in [-0.15, -0.1) is 0 Å². The quantitative estimate of drug-likeness (QED) is 0.779. The van der Waals surface area contributed by atoms with Gasteiger partial charge in [-0.05, 0) is 43.6 Å². The zero-order valence-corrected chi connectivity index (χ0v) is 18.4. The predicted octanol–water partition coefficient (Wildman–Crippen LogP) is 3.69. The van der Waals surface area contributed by atoms with Gasteiger partial charge >= 0.3 is 0 Å². The van der Waals surface area contributed by atoms with Crippen LogP contribution in [0.2, 0.25) is 0 Å². The summed E-state index contributed by atoms with van der Waals surface area (Å²) in [5.74, 6) is -0.522. The van der Waals surface area contributed by atoms with Crippen LogP contribution in [-0.4, -0.2) is 32.6 Å². The van der Waals surface area contributed by atoms with Gasteiger partial charge in [-0.1, -0.05) is 20.3 Å². The van der Waals surface area contributed by atoms with Crippen LogP contribution in [0, 0.1) is 17.2 Å². The van der Waals surface area contributed by atoms with Gasteiger partial charge in [0.1, 0.15) is 11.6 Å². The molecule has 1 aliphatic heterocycles. The van der Waals surface area contributed by atoms with Crippen molar-refractivity contribution < 1.29 is 14.0 Å². The van der Waals surface area contributed by atoms with Crippen LogP contribution in [-0.2, 0) is 22.6 Å². The number of hydrogen-bond acceptors (Lipinski definition) is 4. The molecule has 2 N–H and O–H groups in total. The lowest BCUT2D eigenvalue weighted by Crippen LogP contribution is -2.40. The van der Waals surface area contributed by atoms with E-state index in [2.05, 4.69) is 34.6 Å². The normalized spacial score (nSPS) is 22.5. The molecule has 2 amide bonds. The summed E-state index contributed by atoms with van der Waals surface area (Å²) in [6.07, 6.45) is 7.84. The molecule has 0 bridgehead atoms. The van der Waals surface area contributed by atoms with Gasteiger partial charge in [0.2, 0.25) is 11.8 Å². The van der Waals surface area contributed by atoms with E-state index < -0.39 is 5.82 Å². The van der Waals surface area contributed by atoms with Crippen LogP contribution in [0.3, 0.4) is 0 Å². The van der Waals surface area contributed by atoms with Gasteiger partial charge in [0.05, 0.1) is 12.4 Å². The number of aromatic nitrogens is 3. The average molecular weight is 428 g/mol. The van der Waals surface area contributed by atoms with Gasteiger partial charge in [-0.2, -0.15) is 5.10 Å². The third-order valence-electron chi connectivity index (χ3n) is 6.44. The highest BCUT2D eigenvalue weighted by molar-refractivity contribution is 5.92. The summed E-state index contributed by atoms with van der Waals surface area (Å²) in [6, 6.07) is 1.61. The highest BCUT2D eigenvalue weighted by Crippen LogP contribution is 2.37. The number of anilines is 1. The number of nitrogens with zero attached hydrogens (tertiary/aromatic N) is 3. The van der Waals surface area contributed by atoms with E-state index in [1.165, 1.54) is 6.92 Å². The molecule has 2 atom stereocenters. The molecule has 31 heavy (non-hydrogen) atoms. The van der Waals surface area contributed by atoms with E-state index in [1.807, 2.05) is 4.68 Å². The molecule has 0 spiro atoms. The summed E-state index contributed by atoms with van der Waals surface area (Å²) in [4.78, 5) is 28.3. The molecule has 8 heteroatoms. The van der Waals surface area contributed by atoms with Gasteiger partial charge in [-0.3, -0.25) is 14.3 Å². The first-order chi connectivity index (χ1) is 14.7.